The number of methoxy groups -OCH3 is 1. The van der Waals surface area contributed by atoms with Crippen molar-refractivity contribution in [3.63, 3.8) is 0 Å². The third-order valence-corrected chi connectivity index (χ3v) is 11.7. The van der Waals surface area contributed by atoms with Gasteiger partial charge < -0.3 is 14.5 Å². The molecule has 0 spiro atoms. The Kier molecular flexibility index (Phi) is 9.13. The lowest BCUT2D eigenvalue weighted by atomic mass is 9.88. The number of Topliss-reactive ketones (excluding diaryl/α,β-unsaturated/α-hetero) is 1. The van der Waals surface area contributed by atoms with Crippen molar-refractivity contribution in [1.82, 2.24) is 10.4 Å². The summed E-state index contributed by atoms with van der Waals surface area (Å²) in [5.74, 6) is 0.106. The zero-order valence-electron chi connectivity index (χ0n) is 23.8. The predicted octanol–water partition coefficient (Wildman–Crippen LogP) is 3.50. The summed E-state index contributed by atoms with van der Waals surface area (Å²) in [6.45, 7) is 3.40. The lowest BCUT2D eigenvalue weighted by Gasteiger charge is -2.39. The molecule has 0 unspecified atom stereocenters. The molecular weight excluding hydrogens is 542 g/mol. The number of ether oxygens (including phenoxy) is 1. The second-order valence-corrected chi connectivity index (χ2v) is 14.0. The molecule has 2 aromatic carbocycles. The lowest BCUT2D eigenvalue weighted by molar-refractivity contribution is -0.133. The van der Waals surface area contributed by atoms with Crippen LogP contribution in [0, 0.1) is 11.8 Å². The Morgan fingerprint density at radius 1 is 0.951 bits per heavy atom. The van der Waals surface area contributed by atoms with E-state index in [-0.39, 0.29) is 29.4 Å². The van der Waals surface area contributed by atoms with Crippen molar-refractivity contribution in [2.45, 2.75) is 54.6 Å². The fourth-order valence-electron chi connectivity index (χ4n) is 6.24. The van der Waals surface area contributed by atoms with E-state index in [4.69, 9.17) is 4.74 Å². The fourth-order valence-corrected chi connectivity index (χ4v) is 8.19. The van der Waals surface area contributed by atoms with Crippen LogP contribution in [0.1, 0.15) is 54.4 Å². The Morgan fingerprint density at radius 3 is 2.15 bits per heavy atom. The van der Waals surface area contributed by atoms with Gasteiger partial charge >= 0.3 is 0 Å². The van der Waals surface area contributed by atoms with E-state index >= 15 is 0 Å². The van der Waals surface area contributed by atoms with Gasteiger partial charge in [0.1, 0.15) is 0 Å². The van der Waals surface area contributed by atoms with E-state index in [0.717, 1.165) is 36.4 Å². The maximum atomic E-state index is 13.8. The Labute approximate surface area is 242 Å². The van der Waals surface area contributed by atoms with Crippen LogP contribution in [0.4, 0.5) is 5.69 Å². The van der Waals surface area contributed by atoms with Crippen LogP contribution in [0.15, 0.2) is 53.4 Å². The molecular formula is C31H41N3O6S. The number of ketones is 1. The second kappa shape index (κ2) is 12.6. The molecule has 3 aliphatic rings. The minimum absolute atomic E-state index is 0.0215. The van der Waals surface area contributed by atoms with E-state index in [1.54, 1.807) is 36.9 Å². The summed E-state index contributed by atoms with van der Waals surface area (Å²) in [7, 11) is -2.47. The van der Waals surface area contributed by atoms with Crippen LogP contribution in [0.25, 0.3) is 0 Å². The number of hydrogen-bond donors (Lipinski definition) is 2. The average Bonchev–Trinajstić information content (AvgIpc) is 3.84. The molecule has 3 fully saturated rings. The van der Waals surface area contributed by atoms with Crippen LogP contribution in [-0.2, 0) is 25.8 Å². The number of anilines is 1. The smallest absolute Gasteiger partial charge is 0.265 e. The number of hydrogen-bond acceptors (Lipinski definition) is 8. The third kappa shape index (κ3) is 6.35. The molecule has 0 atom stereocenters. The molecule has 9 nitrogen and oxygen atoms in total. The van der Waals surface area contributed by atoms with Crippen molar-refractivity contribution in [1.29, 1.82) is 0 Å². The van der Waals surface area contributed by atoms with Gasteiger partial charge in [-0.25, -0.2) is 13.9 Å². The number of sulfone groups is 1. The number of carbonyl (C=O) groups excluding carboxylic acids is 2. The number of carbonyl (C=O) groups is 2. The topological polar surface area (TPSA) is 116 Å². The number of benzene rings is 2. The van der Waals surface area contributed by atoms with Gasteiger partial charge in [0.2, 0.25) is 0 Å². The predicted molar refractivity (Wildman–Crippen MR) is 156 cm³/mol. The van der Waals surface area contributed by atoms with Crippen LogP contribution >= 0.6 is 0 Å². The Morgan fingerprint density at radius 2 is 1.59 bits per heavy atom. The number of amides is 1. The van der Waals surface area contributed by atoms with Gasteiger partial charge in [-0.2, -0.15) is 0 Å². The average molecular weight is 584 g/mol. The maximum absolute atomic E-state index is 13.8. The van der Waals surface area contributed by atoms with E-state index in [2.05, 4.69) is 21.9 Å². The van der Waals surface area contributed by atoms with E-state index < -0.39 is 20.5 Å². The summed E-state index contributed by atoms with van der Waals surface area (Å²) >= 11 is 0. The highest BCUT2D eigenvalue weighted by Gasteiger charge is 2.52. The molecule has 0 aromatic heterocycles. The van der Waals surface area contributed by atoms with Crippen LogP contribution in [0.5, 0.6) is 0 Å². The SMILES string of the molecule is COCCN1CCC(C(=O)NO)(S(=O)(=O)c2ccc(N3CCC(C(=O)c4ccc(CC5CC5)cc4)CC3)cc2)CC1. The molecule has 2 heterocycles. The van der Waals surface area contributed by atoms with Crippen LogP contribution in [0.3, 0.4) is 0 Å². The molecule has 5 rings (SSSR count). The van der Waals surface area contributed by atoms with Gasteiger partial charge in [-0.1, -0.05) is 24.3 Å². The number of nitrogens with one attached hydrogen (secondary N) is 1. The Hall–Kier alpha value is -2.79. The third-order valence-electron chi connectivity index (χ3n) is 9.14. The van der Waals surface area contributed by atoms with E-state index in [0.29, 0.717) is 39.3 Å². The highest BCUT2D eigenvalue weighted by Crippen LogP contribution is 2.37. The molecule has 0 radical (unpaired) electrons. The van der Waals surface area contributed by atoms with Gasteiger partial charge in [-0.15, -0.1) is 0 Å². The van der Waals surface area contributed by atoms with E-state index in [1.165, 1.54) is 18.4 Å². The molecule has 10 heteroatoms. The van der Waals surface area contributed by atoms with Crippen LogP contribution in [0.2, 0.25) is 0 Å². The Balaban J connectivity index is 1.21. The van der Waals surface area contributed by atoms with Gasteiger partial charge in [-0.3, -0.25) is 14.8 Å². The second-order valence-electron chi connectivity index (χ2n) is 11.7. The van der Waals surface area contributed by atoms with E-state index in [1.807, 2.05) is 12.1 Å². The summed E-state index contributed by atoms with van der Waals surface area (Å²) in [6.07, 6.45) is 5.37. The number of nitrogens with zero attached hydrogens (tertiary/aromatic N) is 2. The van der Waals surface area contributed by atoms with Gasteiger partial charge in [0.15, 0.2) is 20.4 Å². The van der Waals surface area contributed by atoms with Crippen molar-refractivity contribution in [2.75, 3.05) is 51.3 Å². The maximum Gasteiger partial charge on any atom is 0.265 e. The van der Waals surface area contributed by atoms with Crippen molar-refractivity contribution in [2.24, 2.45) is 11.8 Å². The number of rotatable bonds is 11. The number of piperidine rings is 2. The molecule has 1 aliphatic carbocycles. The van der Waals surface area contributed by atoms with Crippen LogP contribution < -0.4 is 10.4 Å². The lowest BCUT2D eigenvalue weighted by Crippen LogP contribution is -2.58. The fraction of sp³-hybridized carbons (Fsp3) is 0.548. The summed E-state index contributed by atoms with van der Waals surface area (Å²) in [5, 5.41) is 9.43. The first-order chi connectivity index (χ1) is 19.8. The molecule has 0 bridgehead atoms. The summed E-state index contributed by atoms with van der Waals surface area (Å²) in [6, 6.07) is 14.8. The quantitative estimate of drug-likeness (QED) is 0.235. The summed E-state index contributed by atoms with van der Waals surface area (Å²) in [4.78, 5) is 30.2. The highest BCUT2D eigenvalue weighted by atomic mass is 32.2. The van der Waals surface area contributed by atoms with Gasteiger partial charge in [0.05, 0.1) is 11.5 Å². The largest absolute Gasteiger partial charge is 0.383 e. The minimum atomic E-state index is -4.08. The molecule has 222 valence electrons. The molecule has 1 amide bonds. The van der Waals surface area contributed by atoms with Crippen LogP contribution in [-0.4, -0.2) is 81.4 Å². The first kappa shape index (κ1) is 29.7. The molecule has 2 N–H and O–H groups in total. The van der Waals surface area contributed by atoms with Crippen molar-refractivity contribution >= 4 is 27.2 Å². The first-order valence-corrected chi connectivity index (χ1v) is 16.1. The molecule has 2 aliphatic heterocycles. The first-order valence-electron chi connectivity index (χ1n) is 14.7. The summed E-state index contributed by atoms with van der Waals surface area (Å²) < 4.78 is 30.9. The molecule has 2 saturated heterocycles. The molecule has 2 aromatic rings. The normalized spacial score (nSPS) is 20.1. The van der Waals surface area contributed by atoms with Gasteiger partial charge in [-0.05, 0) is 80.7 Å². The zero-order chi connectivity index (χ0) is 29.0. The number of likely N-dealkylation sites (tertiary alicyclic amines) is 1. The monoisotopic (exact) mass is 583 g/mol. The van der Waals surface area contributed by atoms with Crippen molar-refractivity contribution in [3.05, 3.63) is 59.7 Å². The standard InChI is InChI=1S/C31H41N3O6S/c1-40-21-20-33-18-14-31(15-19-33,30(36)32-37)41(38,39)28-10-8-27(9-11-28)34-16-12-26(13-17-34)29(35)25-6-4-24(5-7-25)22-23-2-3-23/h4-11,23,26,37H,2-3,12-22H2,1H3,(H,32,36). The van der Waals surface area contributed by atoms with Gasteiger partial charge in [0, 0.05) is 57.0 Å². The molecule has 1 saturated carbocycles. The zero-order valence-corrected chi connectivity index (χ0v) is 24.6. The van der Waals surface area contributed by atoms with Crippen molar-refractivity contribution in [3.8, 4) is 0 Å². The van der Waals surface area contributed by atoms with Crippen molar-refractivity contribution < 1.29 is 28.0 Å². The molecule has 41 heavy (non-hydrogen) atoms. The number of hydroxylamine groups is 1. The summed E-state index contributed by atoms with van der Waals surface area (Å²) in [5.41, 5.74) is 4.58. The highest BCUT2D eigenvalue weighted by molar-refractivity contribution is 7.93. The minimum Gasteiger partial charge on any atom is -0.383 e. The Bertz CT molecular complexity index is 1310. The van der Waals surface area contributed by atoms with E-state index in [9.17, 15) is 23.2 Å². The van der Waals surface area contributed by atoms with Gasteiger partial charge in [0.25, 0.3) is 5.91 Å².